The normalized spacial score (nSPS) is 21.5. The molecular formula is C13H14Cl2N2O3. The van der Waals surface area contributed by atoms with Gasteiger partial charge in [-0.05, 0) is 25.0 Å². The van der Waals surface area contributed by atoms with E-state index in [2.05, 4.69) is 10.6 Å². The number of nitrogens with one attached hydrogen (secondary N) is 2. The standard InChI is InChI=1S/C13H14Cl2N2O3/c14-8-4-2-5-9(15)11(8)17-13(20)16-10-6-1-3-7(10)12(18)19/h2,4-5,7,10H,1,3,6H2,(H,18,19)(H2,16,17,20). The number of rotatable bonds is 3. The maximum atomic E-state index is 11.9. The summed E-state index contributed by atoms with van der Waals surface area (Å²) in [5, 5.41) is 14.9. The second kappa shape index (κ2) is 6.33. The summed E-state index contributed by atoms with van der Waals surface area (Å²) in [6.45, 7) is 0. The van der Waals surface area contributed by atoms with E-state index in [-0.39, 0.29) is 6.04 Å². The molecule has 20 heavy (non-hydrogen) atoms. The number of carbonyl (C=O) groups excluding carboxylic acids is 1. The second-order valence-electron chi connectivity index (χ2n) is 4.68. The first-order valence-corrected chi connectivity index (χ1v) is 6.99. The minimum atomic E-state index is -0.886. The van der Waals surface area contributed by atoms with Crippen molar-refractivity contribution in [2.45, 2.75) is 25.3 Å². The lowest BCUT2D eigenvalue weighted by Gasteiger charge is -2.18. The maximum Gasteiger partial charge on any atom is 0.319 e. The second-order valence-corrected chi connectivity index (χ2v) is 5.49. The van der Waals surface area contributed by atoms with Gasteiger partial charge in [-0.1, -0.05) is 35.7 Å². The van der Waals surface area contributed by atoms with E-state index in [0.29, 0.717) is 28.6 Å². The van der Waals surface area contributed by atoms with E-state index in [1.165, 1.54) is 0 Å². The van der Waals surface area contributed by atoms with Crippen LogP contribution < -0.4 is 10.6 Å². The van der Waals surface area contributed by atoms with Crippen LogP contribution in [-0.2, 0) is 4.79 Å². The van der Waals surface area contributed by atoms with Gasteiger partial charge in [0, 0.05) is 6.04 Å². The van der Waals surface area contributed by atoms with E-state index >= 15 is 0 Å². The quantitative estimate of drug-likeness (QED) is 0.800. The van der Waals surface area contributed by atoms with Crippen LogP contribution in [0.5, 0.6) is 0 Å². The maximum absolute atomic E-state index is 11.9. The van der Waals surface area contributed by atoms with Gasteiger partial charge in [0.25, 0.3) is 0 Å². The molecule has 0 aliphatic heterocycles. The summed E-state index contributed by atoms with van der Waals surface area (Å²) in [6.07, 6.45) is 2.02. The van der Waals surface area contributed by atoms with Gasteiger partial charge in [0.15, 0.2) is 0 Å². The number of hydrogen-bond acceptors (Lipinski definition) is 2. The van der Waals surface area contributed by atoms with Crippen LogP contribution in [0.4, 0.5) is 10.5 Å². The first kappa shape index (κ1) is 14.9. The molecule has 2 atom stereocenters. The zero-order valence-corrected chi connectivity index (χ0v) is 12.0. The molecule has 5 nitrogen and oxygen atoms in total. The van der Waals surface area contributed by atoms with E-state index in [9.17, 15) is 9.59 Å². The molecule has 0 aromatic heterocycles. The zero-order valence-electron chi connectivity index (χ0n) is 10.5. The molecule has 2 unspecified atom stereocenters. The van der Waals surface area contributed by atoms with Crippen molar-refractivity contribution in [3.63, 3.8) is 0 Å². The molecule has 2 amide bonds. The van der Waals surface area contributed by atoms with Gasteiger partial charge in [-0.2, -0.15) is 0 Å². The predicted molar refractivity (Wildman–Crippen MR) is 77.4 cm³/mol. The highest BCUT2D eigenvalue weighted by Crippen LogP contribution is 2.30. The summed E-state index contributed by atoms with van der Waals surface area (Å²) in [5.74, 6) is -1.42. The fraction of sp³-hybridized carbons (Fsp3) is 0.385. The Bertz CT molecular complexity index is 516. The number of aliphatic carboxylic acids is 1. The lowest BCUT2D eigenvalue weighted by atomic mass is 10.0. The Morgan fingerprint density at radius 1 is 1.20 bits per heavy atom. The predicted octanol–water partition coefficient (Wildman–Crippen LogP) is 3.37. The molecule has 0 spiro atoms. The number of anilines is 1. The SMILES string of the molecule is O=C(Nc1c(Cl)cccc1Cl)NC1CCCC1C(=O)O. The molecule has 1 saturated carbocycles. The van der Waals surface area contributed by atoms with Crippen molar-refractivity contribution in [2.75, 3.05) is 5.32 Å². The van der Waals surface area contributed by atoms with E-state index in [4.69, 9.17) is 28.3 Å². The van der Waals surface area contributed by atoms with Crippen molar-refractivity contribution in [3.8, 4) is 0 Å². The zero-order chi connectivity index (χ0) is 14.7. The monoisotopic (exact) mass is 316 g/mol. The number of carboxylic acid groups (broad SMARTS) is 1. The molecule has 7 heteroatoms. The number of carbonyl (C=O) groups is 2. The largest absolute Gasteiger partial charge is 0.481 e. The van der Waals surface area contributed by atoms with Crippen molar-refractivity contribution in [1.29, 1.82) is 0 Å². The fourth-order valence-electron chi connectivity index (χ4n) is 2.36. The highest BCUT2D eigenvalue weighted by atomic mass is 35.5. The van der Waals surface area contributed by atoms with Crippen LogP contribution in [0.3, 0.4) is 0 Å². The van der Waals surface area contributed by atoms with E-state index in [1.54, 1.807) is 18.2 Å². The van der Waals surface area contributed by atoms with Crippen LogP contribution >= 0.6 is 23.2 Å². The summed E-state index contributed by atoms with van der Waals surface area (Å²) < 4.78 is 0. The van der Waals surface area contributed by atoms with Crippen molar-refractivity contribution in [1.82, 2.24) is 5.32 Å². The van der Waals surface area contributed by atoms with Gasteiger partial charge in [-0.25, -0.2) is 4.79 Å². The van der Waals surface area contributed by atoms with E-state index in [0.717, 1.165) is 6.42 Å². The van der Waals surface area contributed by atoms with Crippen LogP contribution in [0.25, 0.3) is 0 Å². The molecule has 1 aromatic carbocycles. The van der Waals surface area contributed by atoms with Gasteiger partial charge in [0.2, 0.25) is 0 Å². The molecule has 1 aromatic rings. The Morgan fingerprint density at radius 3 is 2.45 bits per heavy atom. The van der Waals surface area contributed by atoms with Crippen LogP contribution in [0.15, 0.2) is 18.2 Å². The number of para-hydroxylation sites is 1. The smallest absolute Gasteiger partial charge is 0.319 e. The number of carboxylic acids is 1. The van der Waals surface area contributed by atoms with Crippen molar-refractivity contribution in [3.05, 3.63) is 28.2 Å². The number of halogens is 2. The molecule has 3 N–H and O–H groups in total. The topological polar surface area (TPSA) is 78.4 Å². The molecule has 0 heterocycles. The molecule has 1 aliphatic carbocycles. The summed E-state index contributed by atoms with van der Waals surface area (Å²) in [6, 6.07) is 4.02. The minimum Gasteiger partial charge on any atom is -0.481 e. The van der Waals surface area contributed by atoms with Gasteiger partial charge in [0.1, 0.15) is 0 Å². The Hall–Kier alpha value is -1.46. The lowest BCUT2D eigenvalue weighted by Crippen LogP contribution is -2.42. The third-order valence-corrected chi connectivity index (χ3v) is 3.98. The van der Waals surface area contributed by atoms with Crippen LogP contribution in [0, 0.1) is 5.92 Å². The Kier molecular flexibility index (Phi) is 4.73. The molecule has 0 bridgehead atoms. The number of urea groups is 1. The van der Waals surface area contributed by atoms with Gasteiger partial charge < -0.3 is 15.7 Å². The molecule has 2 rings (SSSR count). The molecule has 1 aliphatic rings. The fourth-order valence-corrected chi connectivity index (χ4v) is 2.86. The minimum absolute atomic E-state index is 0.318. The Balaban J connectivity index is 2.01. The summed E-state index contributed by atoms with van der Waals surface area (Å²) >= 11 is 11.9. The molecule has 108 valence electrons. The summed E-state index contributed by atoms with van der Waals surface area (Å²) in [4.78, 5) is 23.0. The first-order chi connectivity index (χ1) is 9.49. The average Bonchev–Trinajstić information content (AvgIpc) is 2.82. The average molecular weight is 317 g/mol. The molecule has 1 fully saturated rings. The molecule has 0 radical (unpaired) electrons. The van der Waals surface area contributed by atoms with Gasteiger partial charge >= 0.3 is 12.0 Å². The third kappa shape index (κ3) is 3.35. The lowest BCUT2D eigenvalue weighted by molar-refractivity contribution is -0.142. The first-order valence-electron chi connectivity index (χ1n) is 6.23. The highest BCUT2D eigenvalue weighted by Gasteiger charge is 2.33. The summed E-state index contributed by atoms with van der Waals surface area (Å²) in [7, 11) is 0. The van der Waals surface area contributed by atoms with Gasteiger partial charge in [-0.15, -0.1) is 0 Å². The van der Waals surface area contributed by atoms with E-state index < -0.39 is 17.9 Å². The number of hydrogen-bond donors (Lipinski definition) is 3. The van der Waals surface area contributed by atoms with E-state index in [1.807, 2.05) is 0 Å². The molecule has 0 saturated heterocycles. The highest BCUT2D eigenvalue weighted by molar-refractivity contribution is 6.39. The number of benzene rings is 1. The third-order valence-electron chi connectivity index (χ3n) is 3.35. The Morgan fingerprint density at radius 2 is 1.85 bits per heavy atom. The molecular weight excluding hydrogens is 303 g/mol. The number of amides is 2. The van der Waals surface area contributed by atoms with Crippen LogP contribution in [0.1, 0.15) is 19.3 Å². The van der Waals surface area contributed by atoms with Gasteiger partial charge in [-0.3, -0.25) is 4.79 Å². The van der Waals surface area contributed by atoms with Crippen molar-refractivity contribution in [2.24, 2.45) is 5.92 Å². The summed E-state index contributed by atoms with van der Waals surface area (Å²) in [5.41, 5.74) is 0.318. The van der Waals surface area contributed by atoms with Crippen molar-refractivity contribution >= 4 is 40.9 Å². The van der Waals surface area contributed by atoms with Crippen LogP contribution in [0.2, 0.25) is 10.0 Å². The van der Waals surface area contributed by atoms with Crippen LogP contribution in [-0.4, -0.2) is 23.1 Å². The van der Waals surface area contributed by atoms with Crippen molar-refractivity contribution < 1.29 is 14.7 Å². The van der Waals surface area contributed by atoms with Gasteiger partial charge in [0.05, 0.1) is 21.7 Å². The Labute approximate surface area is 126 Å².